The number of hydrogen-bond donors (Lipinski definition) is 2. The number of rotatable bonds is 3. The fraction of sp³-hybridized carbons (Fsp3) is 0.190. The maximum atomic E-state index is 12.6. The van der Waals surface area contributed by atoms with Gasteiger partial charge in [0.1, 0.15) is 0 Å². The van der Waals surface area contributed by atoms with Gasteiger partial charge in [-0.05, 0) is 44.0 Å². The van der Waals surface area contributed by atoms with Gasteiger partial charge in [0, 0.05) is 28.1 Å². The second-order valence-corrected chi connectivity index (χ2v) is 7.87. The molecular formula is C21H19N3O2S. The zero-order chi connectivity index (χ0) is 19.0. The van der Waals surface area contributed by atoms with Crippen molar-refractivity contribution in [3.8, 4) is 11.3 Å². The van der Waals surface area contributed by atoms with Crippen LogP contribution in [0.2, 0.25) is 0 Å². The first kappa shape index (κ1) is 17.4. The normalized spacial score (nSPS) is 13.0. The number of carbonyl (C=O) groups is 2. The molecule has 3 aromatic rings. The summed E-state index contributed by atoms with van der Waals surface area (Å²) in [5, 5.41) is 6.31. The number of hydrogen-bond acceptors (Lipinski definition) is 4. The highest BCUT2D eigenvalue weighted by molar-refractivity contribution is 7.16. The molecule has 0 saturated carbocycles. The van der Waals surface area contributed by atoms with Crippen molar-refractivity contribution in [1.29, 1.82) is 0 Å². The van der Waals surface area contributed by atoms with Gasteiger partial charge in [0.15, 0.2) is 5.13 Å². The zero-order valence-electron chi connectivity index (χ0n) is 15.1. The molecule has 1 aliphatic rings. The van der Waals surface area contributed by atoms with Crippen LogP contribution in [0, 0.1) is 13.8 Å². The van der Waals surface area contributed by atoms with Crippen LogP contribution in [0.1, 0.15) is 32.8 Å². The molecule has 4 rings (SSSR count). The minimum absolute atomic E-state index is 0.0154. The van der Waals surface area contributed by atoms with Gasteiger partial charge in [0.05, 0.1) is 5.69 Å². The number of benzene rings is 2. The summed E-state index contributed by atoms with van der Waals surface area (Å²) in [7, 11) is 0. The second-order valence-electron chi connectivity index (χ2n) is 6.66. The predicted molar refractivity (Wildman–Crippen MR) is 108 cm³/mol. The average molecular weight is 377 g/mol. The maximum absolute atomic E-state index is 12.6. The summed E-state index contributed by atoms with van der Waals surface area (Å²) >= 11 is 1.47. The molecule has 2 heterocycles. The van der Waals surface area contributed by atoms with Crippen LogP contribution in [0.4, 0.5) is 10.8 Å². The van der Waals surface area contributed by atoms with Crippen molar-refractivity contribution >= 4 is 34.0 Å². The van der Waals surface area contributed by atoms with Crippen molar-refractivity contribution in [3.63, 3.8) is 0 Å². The van der Waals surface area contributed by atoms with Crippen LogP contribution < -0.4 is 10.6 Å². The monoisotopic (exact) mass is 377 g/mol. The third-order valence-corrected chi connectivity index (χ3v) is 5.49. The molecule has 6 heteroatoms. The third kappa shape index (κ3) is 3.61. The Balaban J connectivity index is 1.54. The van der Waals surface area contributed by atoms with Crippen LogP contribution in [0.25, 0.3) is 11.3 Å². The number of fused-ring (bicyclic) bond motifs is 1. The molecule has 5 nitrogen and oxygen atoms in total. The molecule has 0 aliphatic carbocycles. The Morgan fingerprint density at radius 2 is 1.89 bits per heavy atom. The van der Waals surface area contributed by atoms with E-state index < -0.39 is 0 Å². The molecule has 0 saturated heterocycles. The molecule has 0 unspecified atom stereocenters. The van der Waals surface area contributed by atoms with E-state index in [1.165, 1.54) is 16.9 Å². The van der Waals surface area contributed by atoms with E-state index in [9.17, 15) is 9.59 Å². The number of amides is 2. The first-order chi connectivity index (χ1) is 13.0. The van der Waals surface area contributed by atoms with Crippen molar-refractivity contribution < 1.29 is 9.59 Å². The van der Waals surface area contributed by atoms with Gasteiger partial charge in [-0.3, -0.25) is 14.9 Å². The van der Waals surface area contributed by atoms with Crippen molar-refractivity contribution in [2.45, 2.75) is 26.7 Å². The summed E-state index contributed by atoms with van der Waals surface area (Å²) in [6.45, 7) is 4.05. The molecule has 1 aromatic heterocycles. The van der Waals surface area contributed by atoms with E-state index in [4.69, 9.17) is 0 Å². The number of aryl methyl sites for hydroxylation is 3. The SMILES string of the molecule is Cc1ccc(-c2nc(NC(=O)c3ccc4c(c3)CCC(=O)N4)sc2C)cc1. The molecule has 2 amide bonds. The molecule has 0 fully saturated rings. The van der Waals surface area contributed by atoms with Crippen molar-refractivity contribution in [1.82, 2.24) is 4.98 Å². The Bertz CT molecular complexity index is 1040. The van der Waals surface area contributed by atoms with Gasteiger partial charge < -0.3 is 5.32 Å². The van der Waals surface area contributed by atoms with E-state index in [1.807, 2.05) is 32.0 Å². The van der Waals surface area contributed by atoms with Gasteiger partial charge in [0.25, 0.3) is 5.91 Å². The van der Waals surface area contributed by atoms with Gasteiger partial charge in [-0.15, -0.1) is 11.3 Å². The van der Waals surface area contributed by atoms with Crippen LogP contribution in [-0.2, 0) is 11.2 Å². The summed E-state index contributed by atoms with van der Waals surface area (Å²) in [6.07, 6.45) is 1.10. The van der Waals surface area contributed by atoms with E-state index in [2.05, 4.69) is 27.8 Å². The number of carbonyl (C=O) groups excluding carboxylic acids is 2. The van der Waals surface area contributed by atoms with Crippen molar-refractivity contribution in [2.75, 3.05) is 10.6 Å². The molecular weight excluding hydrogens is 358 g/mol. The van der Waals surface area contributed by atoms with Gasteiger partial charge in [0.2, 0.25) is 5.91 Å². The van der Waals surface area contributed by atoms with Crippen LogP contribution in [-0.4, -0.2) is 16.8 Å². The minimum atomic E-state index is -0.195. The first-order valence-electron chi connectivity index (χ1n) is 8.78. The lowest BCUT2D eigenvalue weighted by Gasteiger charge is -2.17. The van der Waals surface area contributed by atoms with Crippen LogP contribution in [0.3, 0.4) is 0 Å². The summed E-state index contributed by atoms with van der Waals surface area (Å²) in [4.78, 5) is 29.8. The highest BCUT2D eigenvalue weighted by Gasteiger charge is 2.18. The minimum Gasteiger partial charge on any atom is -0.326 e. The molecule has 2 N–H and O–H groups in total. The van der Waals surface area contributed by atoms with E-state index in [0.717, 1.165) is 27.4 Å². The van der Waals surface area contributed by atoms with Crippen molar-refractivity contribution in [2.24, 2.45) is 0 Å². The highest BCUT2D eigenvalue weighted by atomic mass is 32.1. The second kappa shape index (κ2) is 6.96. The Morgan fingerprint density at radius 3 is 2.67 bits per heavy atom. The van der Waals surface area contributed by atoms with Crippen LogP contribution in [0.5, 0.6) is 0 Å². The molecule has 2 aromatic carbocycles. The molecule has 0 radical (unpaired) electrons. The summed E-state index contributed by atoms with van der Waals surface area (Å²) < 4.78 is 0. The Hall–Kier alpha value is -2.99. The maximum Gasteiger partial charge on any atom is 0.257 e. The van der Waals surface area contributed by atoms with Crippen LogP contribution in [0.15, 0.2) is 42.5 Å². The lowest BCUT2D eigenvalue weighted by molar-refractivity contribution is -0.116. The fourth-order valence-corrected chi connectivity index (χ4v) is 3.95. The number of thiazole rings is 1. The molecule has 0 bridgehead atoms. The Labute approximate surface area is 161 Å². The standard InChI is InChI=1S/C21H19N3O2S/c1-12-3-5-14(6-4-12)19-13(2)27-21(23-19)24-20(26)16-7-9-17-15(11-16)8-10-18(25)22-17/h3-7,9,11H,8,10H2,1-2H3,(H,22,25)(H,23,24,26). The fourth-order valence-electron chi connectivity index (χ4n) is 3.12. The number of aromatic nitrogens is 1. The third-order valence-electron chi connectivity index (χ3n) is 4.60. The lowest BCUT2D eigenvalue weighted by atomic mass is 10.0. The topological polar surface area (TPSA) is 71.1 Å². The van der Waals surface area contributed by atoms with Crippen LogP contribution >= 0.6 is 11.3 Å². The van der Waals surface area contributed by atoms with E-state index >= 15 is 0 Å². The smallest absolute Gasteiger partial charge is 0.257 e. The zero-order valence-corrected chi connectivity index (χ0v) is 15.9. The summed E-state index contributed by atoms with van der Waals surface area (Å²) in [5.74, 6) is -0.180. The first-order valence-corrected chi connectivity index (χ1v) is 9.60. The summed E-state index contributed by atoms with van der Waals surface area (Å²) in [5.41, 5.74) is 5.47. The number of anilines is 2. The Morgan fingerprint density at radius 1 is 1.11 bits per heavy atom. The lowest BCUT2D eigenvalue weighted by Crippen LogP contribution is -2.20. The average Bonchev–Trinajstić information content (AvgIpc) is 3.02. The molecule has 27 heavy (non-hydrogen) atoms. The molecule has 1 aliphatic heterocycles. The number of nitrogens with zero attached hydrogens (tertiary/aromatic N) is 1. The largest absolute Gasteiger partial charge is 0.326 e. The van der Waals surface area contributed by atoms with Crippen molar-refractivity contribution in [3.05, 3.63) is 64.0 Å². The molecule has 136 valence electrons. The van der Waals surface area contributed by atoms with E-state index in [-0.39, 0.29) is 11.8 Å². The molecule has 0 spiro atoms. The quantitative estimate of drug-likeness (QED) is 0.703. The molecule has 0 atom stereocenters. The van der Waals surface area contributed by atoms with Gasteiger partial charge >= 0.3 is 0 Å². The van der Waals surface area contributed by atoms with Gasteiger partial charge in [-0.2, -0.15) is 0 Å². The number of nitrogens with one attached hydrogen (secondary N) is 2. The van der Waals surface area contributed by atoms with Gasteiger partial charge in [-0.25, -0.2) is 4.98 Å². The highest BCUT2D eigenvalue weighted by Crippen LogP contribution is 2.31. The van der Waals surface area contributed by atoms with E-state index in [0.29, 0.717) is 23.5 Å². The Kier molecular flexibility index (Phi) is 4.49. The summed E-state index contributed by atoms with van der Waals surface area (Å²) in [6, 6.07) is 13.5. The van der Waals surface area contributed by atoms with Gasteiger partial charge in [-0.1, -0.05) is 29.8 Å². The predicted octanol–water partition coefficient (Wildman–Crippen LogP) is 4.56. The van der Waals surface area contributed by atoms with E-state index in [1.54, 1.807) is 12.1 Å².